The van der Waals surface area contributed by atoms with Gasteiger partial charge in [0.15, 0.2) is 0 Å². The smallest absolute Gasteiger partial charge is 0.137 e. The van der Waals surface area contributed by atoms with Crippen molar-refractivity contribution in [2.75, 3.05) is 6.54 Å². The summed E-state index contributed by atoms with van der Waals surface area (Å²) >= 11 is -1.30. The minimum atomic E-state index is -1.30. The van der Waals surface area contributed by atoms with Crippen LogP contribution in [-0.2, 0) is 23.3 Å². The van der Waals surface area contributed by atoms with Gasteiger partial charge in [0.25, 0.3) is 0 Å². The molecule has 5 heteroatoms. The van der Waals surface area contributed by atoms with Crippen LogP contribution in [0.4, 0.5) is 8.78 Å². The number of fused-ring (bicyclic) bond motifs is 2. The summed E-state index contributed by atoms with van der Waals surface area (Å²) in [5, 5.41) is 0. The molecule has 148 valence electrons. The number of rotatable bonds is 2. The van der Waals surface area contributed by atoms with Gasteiger partial charge in [0, 0.05) is 16.9 Å². The van der Waals surface area contributed by atoms with Gasteiger partial charge in [-0.2, -0.15) is 0 Å². The molecule has 2 aromatic rings. The van der Waals surface area contributed by atoms with Crippen LogP contribution in [0.3, 0.4) is 0 Å². The largest absolute Gasteiger partial charge is 0.597 e. The van der Waals surface area contributed by atoms with Crippen LogP contribution in [0.5, 0.6) is 0 Å². The van der Waals surface area contributed by atoms with Crippen LogP contribution in [0.25, 0.3) is 5.57 Å². The molecule has 0 N–H and O–H groups in total. The van der Waals surface area contributed by atoms with Gasteiger partial charge in [-0.1, -0.05) is 30.3 Å². The fourth-order valence-electron chi connectivity index (χ4n) is 4.40. The second kappa shape index (κ2) is 6.97. The Labute approximate surface area is 168 Å². The minimum Gasteiger partial charge on any atom is -0.597 e. The fourth-order valence-corrected chi connectivity index (χ4v) is 5.85. The van der Waals surface area contributed by atoms with Crippen molar-refractivity contribution >= 4 is 16.9 Å². The van der Waals surface area contributed by atoms with Crippen molar-refractivity contribution in [1.82, 2.24) is 4.31 Å². The van der Waals surface area contributed by atoms with Crippen LogP contribution in [-0.4, -0.2) is 20.1 Å². The summed E-state index contributed by atoms with van der Waals surface area (Å²) in [6.07, 6.45) is 4.79. The summed E-state index contributed by atoms with van der Waals surface area (Å²) in [6, 6.07) is 11.8. The SMILES string of the molecule is CC(C)(C)[S+]([O-])N1CC(c2cc(F)ccc2F)=C[C@]12CCCc1ccccc12. The lowest BCUT2D eigenvalue weighted by molar-refractivity contribution is 0.242. The monoisotopic (exact) mass is 401 g/mol. The van der Waals surface area contributed by atoms with E-state index < -0.39 is 33.3 Å². The van der Waals surface area contributed by atoms with Gasteiger partial charge >= 0.3 is 0 Å². The lowest BCUT2D eigenvalue weighted by Crippen LogP contribution is -2.52. The number of halogens is 2. The van der Waals surface area contributed by atoms with Crippen LogP contribution < -0.4 is 0 Å². The van der Waals surface area contributed by atoms with Gasteiger partial charge in [-0.05, 0) is 74.9 Å². The Morgan fingerprint density at radius 3 is 2.61 bits per heavy atom. The highest BCUT2D eigenvalue weighted by Gasteiger charge is 2.53. The van der Waals surface area contributed by atoms with E-state index in [0.717, 1.165) is 37.0 Å². The van der Waals surface area contributed by atoms with E-state index in [1.807, 2.05) is 43.3 Å². The average Bonchev–Trinajstić information content (AvgIpc) is 3.02. The van der Waals surface area contributed by atoms with Crippen molar-refractivity contribution in [2.24, 2.45) is 0 Å². The summed E-state index contributed by atoms with van der Waals surface area (Å²) in [4.78, 5) is 0. The molecule has 28 heavy (non-hydrogen) atoms. The van der Waals surface area contributed by atoms with E-state index in [1.165, 1.54) is 11.6 Å². The molecule has 1 aliphatic carbocycles. The molecule has 0 amide bonds. The standard InChI is InChI=1S/C23H25F2NOS/c1-22(2,3)28(27)26-15-17(19-13-18(24)10-11-21(19)25)14-23(26)12-6-8-16-7-4-5-9-20(16)23/h4-5,7,9-11,13-14H,6,8,12,15H2,1-3H3/t23-,28?/m0/s1. The zero-order valence-electron chi connectivity index (χ0n) is 16.5. The van der Waals surface area contributed by atoms with Gasteiger partial charge in [0.1, 0.15) is 21.9 Å². The molecule has 1 unspecified atom stereocenters. The molecular formula is C23H25F2NOS. The number of benzene rings is 2. The van der Waals surface area contributed by atoms with Crippen molar-refractivity contribution in [2.45, 2.75) is 50.3 Å². The van der Waals surface area contributed by atoms with E-state index in [1.54, 1.807) is 0 Å². The maximum Gasteiger partial charge on any atom is 0.137 e. The first-order chi connectivity index (χ1) is 13.2. The molecule has 0 fully saturated rings. The lowest BCUT2D eigenvalue weighted by atomic mass is 9.77. The molecule has 2 atom stereocenters. The van der Waals surface area contributed by atoms with Gasteiger partial charge < -0.3 is 4.55 Å². The van der Waals surface area contributed by atoms with E-state index in [9.17, 15) is 13.3 Å². The van der Waals surface area contributed by atoms with E-state index in [4.69, 9.17) is 0 Å². The Morgan fingerprint density at radius 2 is 1.86 bits per heavy atom. The maximum atomic E-state index is 14.5. The highest BCUT2D eigenvalue weighted by atomic mass is 32.2. The fraction of sp³-hybridized carbons (Fsp3) is 0.391. The molecule has 2 aliphatic rings. The second-order valence-corrected chi connectivity index (χ2v) is 10.8. The zero-order valence-corrected chi connectivity index (χ0v) is 17.3. The third-order valence-electron chi connectivity index (χ3n) is 5.66. The number of hydrogen-bond donors (Lipinski definition) is 0. The van der Waals surface area contributed by atoms with E-state index in [2.05, 4.69) is 12.1 Å². The number of nitrogens with zero attached hydrogens (tertiary/aromatic N) is 1. The Balaban J connectivity index is 1.90. The van der Waals surface area contributed by atoms with Gasteiger partial charge in [-0.15, -0.1) is 4.31 Å². The highest BCUT2D eigenvalue weighted by Crippen LogP contribution is 2.50. The molecule has 0 saturated heterocycles. The van der Waals surface area contributed by atoms with Crippen molar-refractivity contribution in [1.29, 1.82) is 0 Å². The summed E-state index contributed by atoms with van der Waals surface area (Å²) in [7, 11) is 0. The van der Waals surface area contributed by atoms with Crippen LogP contribution >= 0.6 is 0 Å². The summed E-state index contributed by atoms with van der Waals surface area (Å²) in [6.45, 7) is 6.18. The van der Waals surface area contributed by atoms with E-state index in [-0.39, 0.29) is 5.56 Å². The minimum absolute atomic E-state index is 0.260. The molecule has 1 heterocycles. The summed E-state index contributed by atoms with van der Waals surface area (Å²) in [5.74, 6) is -0.916. The topological polar surface area (TPSA) is 26.3 Å². The predicted molar refractivity (Wildman–Crippen MR) is 110 cm³/mol. The van der Waals surface area contributed by atoms with Gasteiger partial charge in [-0.25, -0.2) is 8.78 Å². The van der Waals surface area contributed by atoms with Gasteiger partial charge in [-0.3, -0.25) is 0 Å². The molecule has 0 saturated carbocycles. The third-order valence-corrected chi connectivity index (χ3v) is 7.56. The molecular weight excluding hydrogens is 376 g/mol. The van der Waals surface area contributed by atoms with Crippen LogP contribution in [0.2, 0.25) is 0 Å². The van der Waals surface area contributed by atoms with E-state index >= 15 is 0 Å². The first-order valence-corrected chi connectivity index (χ1v) is 10.8. The lowest BCUT2D eigenvalue weighted by Gasteiger charge is -2.44. The Bertz CT molecular complexity index is 936. The van der Waals surface area contributed by atoms with Crippen molar-refractivity contribution in [3.05, 3.63) is 76.9 Å². The van der Waals surface area contributed by atoms with Crippen molar-refractivity contribution in [3.8, 4) is 0 Å². The first-order valence-electron chi connectivity index (χ1n) is 9.67. The molecule has 1 spiro atoms. The second-order valence-electron chi connectivity index (χ2n) is 8.63. The highest BCUT2D eigenvalue weighted by molar-refractivity contribution is 7.90. The predicted octanol–water partition coefficient (Wildman–Crippen LogP) is 5.36. The molecule has 0 aromatic heterocycles. The van der Waals surface area contributed by atoms with Crippen molar-refractivity contribution < 1.29 is 13.3 Å². The van der Waals surface area contributed by atoms with Gasteiger partial charge in [0.2, 0.25) is 0 Å². The molecule has 4 rings (SSSR count). The molecule has 1 aliphatic heterocycles. The van der Waals surface area contributed by atoms with E-state index in [0.29, 0.717) is 12.1 Å². The number of aryl methyl sites for hydroxylation is 1. The average molecular weight is 402 g/mol. The van der Waals surface area contributed by atoms with Crippen LogP contribution in [0, 0.1) is 11.6 Å². The summed E-state index contributed by atoms with van der Waals surface area (Å²) in [5.41, 5.74) is 2.77. The van der Waals surface area contributed by atoms with Gasteiger partial charge in [0.05, 0.1) is 6.54 Å². The number of hydrogen-bond acceptors (Lipinski definition) is 2. The zero-order chi connectivity index (χ0) is 20.1. The molecule has 2 aromatic carbocycles. The Kier molecular flexibility index (Phi) is 4.89. The van der Waals surface area contributed by atoms with Crippen LogP contribution in [0.1, 0.15) is 50.3 Å². The van der Waals surface area contributed by atoms with Crippen LogP contribution in [0.15, 0.2) is 48.5 Å². The summed E-state index contributed by atoms with van der Waals surface area (Å²) < 4.78 is 43.4. The maximum absolute atomic E-state index is 14.5. The van der Waals surface area contributed by atoms with Crippen molar-refractivity contribution in [3.63, 3.8) is 0 Å². The molecule has 0 radical (unpaired) electrons. The normalized spacial score (nSPS) is 23.6. The third kappa shape index (κ3) is 3.19. The quantitative estimate of drug-likeness (QED) is 0.634. The Hall–Kier alpha value is -1.69. The molecule has 2 nitrogen and oxygen atoms in total. The molecule has 0 bridgehead atoms. The first kappa shape index (κ1) is 19.6. The Morgan fingerprint density at radius 1 is 1.11 bits per heavy atom.